The summed E-state index contributed by atoms with van der Waals surface area (Å²) in [5.41, 5.74) is 5.61. The van der Waals surface area contributed by atoms with E-state index in [1.807, 2.05) is 0 Å². The summed E-state index contributed by atoms with van der Waals surface area (Å²) >= 11 is 0. The highest BCUT2D eigenvalue weighted by Gasteiger charge is 2.44. The Bertz CT molecular complexity index is 248. The van der Waals surface area contributed by atoms with E-state index in [1.165, 1.54) is 12.8 Å². The molecule has 1 saturated heterocycles. The van der Waals surface area contributed by atoms with Crippen molar-refractivity contribution < 1.29 is 4.79 Å². The molecule has 3 heteroatoms. The third kappa shape index (κ3) is 1.89. The van der Waals surface area contributed by atoms with E-state index in [1.54, 1.807) is 0 Å². The molecule has 1 unspecified atom stereocenters. The Morgan fingerprint density at radius 3 is 2.67 bits per heavy atom. The first-order valence-electron chi connectivity index (χ1n) is 6.27. The minimum Gasteiger partial charge on any atom is -0.338 e. The van der Waals surface area contributed by atoms with Crippen LogP contribution in [0.1, 0.15) is 51.9 Å². The molecule has 0 radical (unpaired) electrons. The fraction of sp³-hybridized carbons (Fsp3) is 0.917. The minimum absolute atomic E-state index is 0.223. The average Bonchev–Trinajstić information content (AvgIpc) is 2.25. The Morgan fingerprint density at radius 2 is 2.13 bits per heavy atom. The number of likely N-dealkylation sites (tertiary alicyclic amines) is 1. The normalized spacial score (nSPS) is 29.7. The van der Waals surface area contributed by atoms with Crippen molar-refractivity contribution in [3.05, 3.63) is 0 Å². The first-order chi connectivity index (χ1) is 7.17. The smallest absolute Gasteiger partial charge is 0.242 e. The van der Waals surface area contributed by atoms with Crippen molar-refractivity contribution in [1.82, 2.24) is 4.90 Å². The van der Waals surface area contributed by atoms with Gasteiger partial charge in [-0.15, -0.1) is 0 Å². The molecule has 1 saturated carbocycles. The quantitative estimate of drug-likeness (QED) is 0.753. The van der Waals surface area contributed by atoms with Crippen LogP contribution in [0.5, 0.6) is 0 Å². The van der Waals surface area contributed by atoms with Crippen LogP contribution < -0.4 is 5.73 Å². The summed E-state index contributed by atoms with van der Waals surface area (Å²) < 4.78 is 0. The molecule has 1 atom stereocenters. The van der Waals surface area contributed by atoms with Gasteiger partial charge in [-0.25, -0.2) is 0 Å². The van der Waals surface area contributed by atoms with Crippen LogP contribution >= 0.6 is 0 Å². The first kappa shape index (κ1) is 10.9. The Hall–Kier alpha value is -0.570. The molecule has 0 aromatic rings. The fourth-order valence-corrected chi connectivity index (χ4v) is 2.75. The van der Waals surface area contributed by atoms with E-state index < -0.39 is 5.54 Å². The van der Waals surface area contributed by atoms with Crippen LogP contribution in [-0.4, -0.2) is 28.9 Å². The lowest BCUT2D eigenvalue weighted by Crippen LogP contribution is -2.62. The lowest BCUT2D eigenvalue weighted by molar-refractivity contribution is -0.144. The Labute approximate surface area is 92.0 Å². The predicted octanol–water partition coefficient (Wildman–Crippen LogP) is 1.66. The van der Waals surface area contributed by atoms with Gasteiger partial charge in [-0.2, -0.15) is 0 Å². The van der Waals surface area contributed by atoms with Crippen molar-refractivity contribution in [2.45, 2.75) is 63.5 Å². The highest BCUT2D eigenvalue weighted by molar-refractivity contribution is 5.87. The van der Waals surface area contributed by atoms with Gasteiger partial charge in [0.05, 0.1) is 5.54 Å². The Balaban J connectivity index is 2.03. The summed E-state index contributed by atoms with van der Waals surface area (Å²) in [6.07, 6.45) is 7.54. The monoisotopic (exact) mass is 210 g/mol. The third-order valence-electron chi connectivity index (χ3n) is 4.03. The SMILES string of the molecule is CCC1CCCCN1C(=O)C1(N)CCC1. The summed E-state index contributed by atoms with van der Waals surface area (Å²) in [7, 11) is 0. The van der Waals surface area contributed by atoms with Crippen LogP contribution in [0, 0.1) is 0 Å². The predicted molar refractivity (Wildman–Crippen MR) is 60.4 cm³/mol. The Morgan fingerprint density at radius 1 is 1.40 bits per heavy atom. The minimum atomic E-state index is -0.495. The topological polar surface area (TPSA) is 46.3 Å². The van der Waals surface area contributed by atoms with Crippen molar-refractivity contribution in [2.75, 3.05) is 6.54 Å². The van der Waals surface area contributed by atoms with Gasteiger partial charge >= 0.3 is 0 Å². The number of nitrogens with zero attached hydrogens (tertiary/aromatic N) is 1. The molecule has 0 aromatic carbocycles. The van der Waals surface area contributed by atoms with Crippen molar-refractivity contribution in [3.63, 3.8) is 0 Å². The van der Waals surface area contributed by atoms with E-state index in [2.05, 4.69) is 11.8 Å². The van der Waals surface area contributed by atoms with Crippen LogP contribution in [0.4, 0.5) is 0 Å². The molecule has 1 aliphatic carbocycles. The largest absolute Gasteiger partial charge is 0.338 e. The Kier molecular flexibility index (Phi) is 3.01. The number of nitrogens with two attached hydrogens (primary N) is 1. The molecule has 2 aliphatic rings. The second-order valence-electron chi connectivity index (χ2n) is 5.07. The van der Waals surface area contributed by atoms with Gasteiger partial charge in [0.25, 0.3) is 0 Å². The van der Waals surface area contributed by atoms with Gasteiger partial charge in [0.1, 0.15) is 0 Å². The molecule has 2 fully saturated rings. The average molecular weight is 210 g/mol. The van der Waals surface area contributed by atoms with Gasteiger partial charge in [-0.1, -0.05) is 6.92 Å². The highest BCUT2D eigenvalue weighted by Crippen LogP contribution is 2.33. The van der Waals surface area contributed by atoms with Gasteiger partial charge in [-0.05, 0) is 44.9 Å². The van der Waals surface area contributed by atoms with Gasteiger partial charge in [0.15, 0.2) is 0 Å². The number of piperidine rings is 1. The fourth-order valence-electron chi connectivity index (χ4n) is 2.75. The van der Waals surface area contributed by atoms with Crippen molar-refractivity contribution in [3.8, 4) is 0 Å². The van der Waals surface area contributed by atoms with Crippen LogP contribution in [-0.2, 0) is 4.79 Å². The molecule has 15 heavy (non-hydrogen) atoms. The van der Waals surface area contributed by atoms with Crippen LogP contribution in [0.15, 0.2) is 0 Å². The molecule has 86 valence electrons. The van der Waals surface area contributed by atoms with Crippen molar-refractivity contribution >= 4 is 5.91 Å². The van der Waals surface area contributed by atoms with E-state index in [0.29, 0.717) is 6.04 Å². The van der Waals surface area contributed by atoms with E-state index >= 15 is 0 Å². The molecule has 1 heterocycles. The maximum Gasteiger partial charge on any atom is 0.242 e. The second kappa shape index (κ2) is 4.12. The van der Waals surface area contributed by atoms with E-state index in [4.69, 9.17) is 5.73 Å². The third-order valence-corrected chi connectivity index (χ3v) is 4.03. The first-order valence-corrected chi connectivity index (χ1v) is 6.27. The van der Waals surface area contributed by atoms with Gasteiger partial charge < -0.3 is 10.6 Å². The number of hydrogen-bond donors (Lipinski definition) is 1. The van der Waals surface area contributed by atoms with Gasteiger partial charge in [0, 0.05) is 12.6 Å². The lowest BCUT2D eigenvalue weighted by Gasteiger charge is -2.44. The van der Waals surface area contributed by atoms with Gasteiger partial charge in [-0.3, -0.25) is 4.79 Å². The zero-order chi connectivity index (χ0) is 10.9. The van der Waals surface area contributed by atoms with Crippen LogP contribution in [0.25, 0.3) is 0 Å². The molecular weight excluding hydrogens is 188 g/mol. The van der Waals surface area contributed by atoms with Crippen LogP contribution in [0.3, 0.4) is 0 Å². The summed E-state index contributed by atoms with van der Waals surface area (Å²) in [6.45, 7) is 3.09. The maximum absolute atomic E-state index is 12.3. The lowest BCUT2D eigenvalue weighted by atomic mass is 9.76. The number of amides is 1. The van der Waals surface area contributed by atoms with E-state index in [9.17, 15) is 4.79 Å². The van der Waals surface area contributed by atoms with E-state index in [0.717, 1.165) is 38.6 Å². The molecule has 0 aromatic heterocycles. The van der Waals surface area contributed by atoms with Crippen LogP contribution in [0.2, 0.25) is 0 Å². The molecular formula is C12H22N2O. The van der Waals surface area contributed by atoms with Gasteiger partial charge in [0.2, 0.25) is 5.91 Å². The van der Waals surface area contributed by atoms with E-state index in [-0.39, 0.29) is 5.91 Å². The zero-order valence-corrected chi connectivity index (χ0v) is 9.67. The molecule has 0 spiro atoms. The second-order valence-corrected chi connectivity index (χ2v) is 5.07. The number of rotatable bonds is 2. The summed E-state index contributed by atoms with van der Waals surface area (Å²) in [6, 6.07) is 0.451. The summed E-state index contributed by atoms with van der Waals surface area (Å²) in [4.78, 5) is 14.3. The van der Waals surface area contributed by atoms with Crippen molar-refractivity contribution in [1.29, 1.82) is 0 Å². The molecule has 0 bridgehead atoms. The number of carbonyl (C=O) groups is 1. The molecule has 3 nitrogen and oxygen atoms in total. The zero-order valence-electron chi connectivity index (χ0n) is 9.67. The molecule has 1 amide bonds. The summed E-state index contributed by atoms with van der Waals surface area (Å²) in [5.74, 6) is 0.223. The maximum atomic E-state index is 12.3. The summed E-state index contributed by atoms with van der Waals surface area (Å²) in [5, 5.41) is 0. The van der Waals surface area contributed by atoms with Crippen molar-refractivity contribution in [2.24, 2.45) is 5.73 Å². The molecule has 2 rings (SSSR count). The molecule has 1 aliphatic heterocycles. The molecule has 2 N–H and O–H groups in total. The standard InChI is InChI=1S/C12H22N2O/c1-2-10-6-3-4-9-14(10)11(15)12(13)7-5-8-12/h10H,2-9,13H2,1H3. The number of carbonyl (C=O) groups excluding carboxylic acids is 1. The highest BCUT2D eigenvalue weighted by atomic mass is 16.2. The number of hydrogen-bond acceptors (Lipinski definition) is 2.